The number of carbonyl (C=O) groups excluding carboxylic acids is 1. The van der Waals surface area contributed by atoms with Crippen LogP contribution in [0.4, 0.5) is 5.69 Å². The summed E-state index contributed by atoms with van der Waals surface area (Å²) in [5.74, 6) is 1.03. The number of nitrogens with zero attached hydrogens (tertiary/aromatic N) is 2. The molecule has 0 spiro atoms. The summed E-state index contributed by atoms with van der Waals surface area (Å²) in [6.45, 7) is 4.88. The predicted molar refractivity (Wildman–Crippen MR) is 132 cm³/mol. The van der Waals surface area contributed by atoms with Gasteiger partial charge in [-0.2, -0.15) is 0 Å². The monoisotopic (exact) mass is 487 g/mol. The third-order valence-corrected chi connectivity index (χ3v) is 7.29. The smallest absolute Gasteiger partial charge is 0.232 e. The molecule has 0 aliphatic carbocycles. The highest BCUT2D eigenvalue weighted by molar-refractivity contribution is 7.92. The van der Waals surface area contributed by atoms with Gasteiger partial charge in [-0.15, -0.1) is 0 Å². The van der Waals surface area contributed by atoms with E-state index in [1.165, 1.54) is 35.8 Å². The number of benzene rings is 2. The van der Waals surface area contributed by atoms with Crippen molar-refractivity contribution in [2.75, 3.05) is 43.4 Å². The lowest BCUT2D eigenvalue weighted by Crippen LogP contribution is -2.32. The van der Waals surface area contributed by atoms with E-state index in [-0.39, 0.29) is 18.9 Å². The molecule has 1 N–H and O–H groups in total. The van der Waals surface area contributed by atoms with Crippen molar-refractivity contribution in [3.63, 3.8) is 0 Å². The fraction of sp³-hybridized carbons (Fsp3) is 0.480. The zero-order valence-electron chi connectivity index (χ0n) is 19.7. The third-order valence-electron chi connectivity index (χ3n) is 6.10. The number of hydrogen-bond donors (Lipinski definition) is 1. The molecule has 0 bridgehead atoms. The van der Waals surface area contributed by atoms with Crippen LogP contribution in [-0.4, -0.2) is 58.3 Å². The summed E-state index contributed by atoms with van der Waals surface area (Å²) in [5, 5.41) is 2.93. The Morgan fingerprint density at radius 2 is 1.68 bits per heavy atom. The van der Waals surface area contributed by atoms with E-state index in [0.717, 1.165) is 18.4 Å². The lowest BCUT2D eigenvalue weighted by atomic mass is 10.1. The van der Waals surface area contributed by atoms with Gasteiger partial charge in [0.2, 0.25) is 15.9 Å². The van der Waals surface area contributed by atoms with Gasteiger partial charge in [0.15, 0.2) is 11.5 Å². The van der Waals surface area contributed by atoms with Gasteiger partial charge in [-0.3, -0.25) is 14.0 Å². The molecule has 2 heterocycles. The molecule has 1 saturated heterocycles. The van der Waals surface area contributed by atoms with Gasteiger partial charge in [0.1, 0.15) is 13.2 Å². The van der Waals surface area contributed by atoms with Crippen LogP contribution in [0.15, 0.2) is 42.5 Å². The third kappa shape index (κ3) is 6.64. The number of amides is 1. The van der Waals surface area contributed by atoms with Gasteiger partial charge in [0, 0.05) is 32.1 Å². The summed E-state index contributed by atoms with van der Waals surface area (Å²) in [5.41, 5.74) is 2.84. The van der Waals surface area contributed by atoms with E-state index in [9.17, 15) is 13.2 Å². The van der Waals surface area contributed by atoms with Gasteiger partial charge < -0.3 is 14.8 Å². The Morgan fingerprint density at radius 1 is 1.00 bits per heavy atom. The molecular weight excluding hydrogens is 454 g/mol. The van der Waals surface area contributed by atoms with Crippen LogP contribution < -0.4 is 19.1 Å². The van der Waals surface area contributed by atoms with Crippen LogP contribution in [0.5, 0.6) is 11.5 Å². The van der Waals surface area contributed by atoms with Crippen LogP contribution in [0.2, 0.25) is 0 Å². The van der Waals surface area contributed by atoms with Crippen LogP contribution in [0, 0.1) is 0 Å². The van der Waals surface area contributed by atoms with Crippen LogP contribution in [-0.2, 0) is 27.9 Å². The second-order valence-electron chi connectivity index (χ2n) is 8.84. The Kier molecular flexibility index (Phi) is 7.95. The van der Waals surface area contributed by atoms with Gasteiger partial charge in [0.25, 0.3) is 0 Å². The summed E-state index contributed by atoms with van der Waals surface area (Å²) in [7, 11) is -3.51. The Bertz CT molecular complexity index is 1080. The topological polar surface area (TPSA) is 88.2 Å². The zero-order chi connectivity index (χ0) is 24.0. The Balaban J connectivity index is 1.25. The van der Waals surface area contributed by atoms with Crippen molar-refractivity contribution in [3.05, 3.63) is 53.6 Å². The number of fused-ring (bicyclic) bond motifs is 1. The molecule has 2 aliphatic rings. The molecule has 184 valence electrons. The van der Waals surface area contributed by atoms with Crippen molar-refractivity contribution in [3.8, 4) is 11.5 Å². The van der Waals surface area contributed by atoms with Crippen molar-refractivity contribution in [2.24, 2.45) is 0 Å². The van der Waals surface area contributed by atoms with Crippen molar-refractivity contribution in [1.82, 2.24) is 10.2 Å². The predicted octanol–water partition coefficient (Wildman–Crippen LogP) is 2.92. The standard InChI is InChI=1S/C25H33N3O5S/c1-34(30,31)28(22-10-11-23-24(17-22)33-16-15-32-23)14-4-5-25(29)26-18-20-6-8-21(9-7-20)19-27-12-2-3-13-27/h6-11,17H,2-5,12-16,18-19H2,1H3,(H,26,29). The van der Waals surface area contributed by atoms with Gasteiger partial charge in [-0.25, -0.2) is 8.42 Å². The molecule has 1 fully saturated rings. The lowest BCUT2D eigenvalue weighted by molar-refractivity contribution is -0.121. The number of rotatable bonds is 10. The number of hydrogen-bond acceptors (Lipinski definition) is 6. The summed E-state index contributed by atoms with van der Waals surface area (Å²) >= 11 is 0. The molecule has 0 saturated carbocycles. The highest BCUT2D eigenvalue weighted by atomic mass is 32.2. The van der Waals surface area contributed by atoms with Crippen molar-refractivity contribution >= 4 is 21.6 Å². The van der Waals surface area contributed by atoms with Crippen LogP contribution >= 0.6 is 0 Å². The zero-order valence-corrected chi connectivity index (χ0v) is 20.5. The number of sulfonamides is 1. The maximum atomic E-state index is 12.4. The molecule has 1 amide bonds. The molecule has 9 heteroatoms. The van der Waals surface area contributed by atoms with Crippen LogP contribution in [0.1, 0.15) is 36.8 Å². The van der Waals surface area contributed by atoms with Crippen molar-refractivity contribution in [2.45, 2.75) is 38.8 Å². The minimum absolute atomic E-state index is 0.100. The fourth-order valence-corrected chi connectivity index (χ4v) is 5.26. The molecule has 2 aromatic carbocycles. The SMILES string of the molecule is CS(=O)(=O)N(CCCC(=O)NCc1ccc(CN2CCCC2)cc1)c1ccc2c(c1)OCCO2. The molecule has 0 radical (unpaired) electrons. The molecule has 0 unspecified atom stereocenters. The first-order valence-electron chi connectivity index (χ1n) is 11.8. The van der Waals surface area contributed by atoms with Gasteiger partial charge in [0.05, 0.1) is 11.9 Å². The van der Waals surface area contributed by atoms with E-state index in [1.54, 1.807) is 18.2 Å². The first-order valence-corrected chi connectivity index (χ1v) is 13.7. The maximum Gasteiger partial charge on any atom is 0.232 e. The number of carbonyl (C=O) groups is 1. The number of anilines is 1. The fourth-order valence-electron chi connectivity index (χ4n) is 4.31. The first kappa shape index (κ1) is 24.3. The van der Waals surface area contributed by atoms with E-state index < -0.39 is 10.0 Å². The minimum Gasteiger partial charge on any atom is -0.486 e. The van der Waals surface area contributed by atoms with Gasteiger partial charge in [-0.1, -0.05) is 24.3 Å². The van der Waals surface area contributed by atoms with E-state index in [4.69, 9.17) is 9.47 Å². The molecule has 0 atom stereocenters. The highest BCUT2D eigenvalue weighted by Gasteiger charge is 2.21. The molecule has 4 rings (SSSR count). The lowest BCUT2D eigenvalue weighted by Gasteiger charge is -2.25. The largest absolute Gasteiger partial charge is 0.486 e. The van der Waals surface area contributed by atoms with E-state index >= 15 is 0 Å². The van der Waals surface area contributed by atoms with E-state index in [1.807, 2.05) is 0 Å². The Morgan fingerprint density at radius 3 is 2.38 bits per heavy atom. The summed E-state index contributed by atoms with van der Waals surface area (Å²) in [6.07, 6.45) is 4.37. The Hall–Kier alpha value is -2.78. The van der Waals surface area contributed by atoms with Crippen molar-refractivity contribution < 1.29 is 22.7 Å². The highest BCUT2D eigenvalue weighted by Crippen LogP contribution is 2.34. The molecule has 34 heavy (non-hydrogen) atoms. The van der Waals surface area contributed by atoms with Crippen molar-refractivity contribution in [1.29, 1.82) is 0 Å². The second-order valence-corrected chi connectivity index (χ2v) is 10.7. The summed E-state index contributed by atoms with van der Waals surface area (Å²) < 4.78 is 37.1. The molecule has 0 aromatic heterocycles. The molecule has 2 aromatic rings. The quantitative estimate of drug-likeness (QED) is 0.555. The number of nitrogens with one attached hydrogen (secondary N) is 1. The summed E-state index contributed by atoms with van der Waals surface area (Å²) in [6, 6.07) is 13.4. The minimum atomic E-state index is -3.51. The number of ether oxygens (including phenoxy) is 2. The van der Waals surface area contributed by atoms with E-state index in [0.29, 0.717) is 43.4 Å². The van der Waals surface area contributed by atoms with Gasteiger partial charge in [-0.05, 0) is 55.6 Å². The second kappa shape index (κ2) is 11.1. The van der Waals surface area contributed by atoms with Crippen LogP contribution in [0.3, 0.4) is 0 Å². The van der Waals surface area contributed by atoms with E-state index in [2.05, 4.69) is 34.5 Å². The normalized spacial score (nSPS) is 15.8. The molecular formula is C25H33N3O5S. The average Bonchev–Trinajstić information content (AvgIpc) is 3.33. The van der Waals surface area contributed by atoms with Gasteiger partial charge >= 0.3 is 0 Å². The Labute approximate surface area is 201 Å². The molecule has 2 aliphatic heterocycles. The number of likely N-dealkylation sites (tertiary alicyclic amines) is 1. The molecule has 8 nitrogen and oxygen atoms in total. The van der Waals surface area contributed by atoms with Crippen LogP contribution in [0.25, 0.3) is 0 Å². The average molecular weight is 488 g/mol. The first-order chi connectivity index (χ1) is 16.4. The summed E-state index contributed by atoms with van der Waals surface area (Å²) in [4.78, 5) is 14.8. The maximum absolute atomic E-state index is 12.4.